The predicted octanol–water partition coefficient (Wildman–Crippen LogP) is 1.54. The first-order chi connectivity index (χ1) is 10.6. The maximum absolute atomic E-state index is 11.8. The summed E-state index contributed by atoms with van der Waals surface area (Å²) in [7, 11) is 1.49. The molecule has 0 unspecified atom stereocenters. The zero-order chi connectivity index (χ0) is 15.7. The highest BCUT2D eigenvalue weighted by atomic mass is 32.1. The molecule has 3 rings (SSSR count). The van der Waals surface area contributed by atoms with Crippen molar-refractivity contribution >= 4 is 29.1 Å². The molecule has 0 aliphatic carbocycles. The molecule has 0 bridgehead atoms. The fourth-order valence-electron chi connectivity index (χ4n) is 2.08. The number of aromatic amines is 2. The van der Waals surface area contributed by atoms with Gasteiger partial charge in [0.05, 0.1) is 11.4 Å². The molecule has 0 radical (unpaired) electrons. The highest BCUT2D eigenvalue weighted by molar-refractivity contribution is 7.71. The predicted molar refractivity (Wildman–Crippen MR) is 83.9 cm³/mol. The third-order valence-corrected chi connectivity index (χ3v) is 3.29. The second-order valence-corrected chi connectivity index (χ2v) is 4.92. The fourth-order valence-corrected chi connectivity index (χ4v) is 2.27. The average molecular weight is 316 g/mol. The number of hydrogen-bond donors (Lipinski definition) is 2. The van der Waals surface area contributed by atoms with Crippen molar-refractivity contribution in [2.75, 3.05) is 7.11 Å². The summed E-state index contributed by atoms with van der Waals surface area (Å²) in [6.07, 6.45) is 0. The van der Waals surface area contributed by atoms with E-state index >= 15 is 0 Å². The van der Waals surface area contributed by atoms with Crippen molar-refractivity contribution in [1.29, 1.82) is 0 Å². The maximum Gasteiger partial charge on any atom is 0.281 e. The van der Waals surface area contributed by atoms with Crippen LogP contribution in [-0.4, -0.2) is 37.8 Å². The summed E-state index contributed by atoms with van der Waals surface area (Å²) in [4.78, 5) is 22.0. The van der Waals surface area contributed by atoms with Crippen molar-refractivity contribution in [2.24, 2.45) is 5.16 Å². The zero-order valence-corrected chi connectivity index (χ0v) is 12.6. The van der Waals surface area contributed by atoms with E-state index in [1.165, 1.54) is 11.8 Å². The number of H-pyrrole nitrogens is 2. The highest BCUT2D eigenvalue weighted by Gasteiger charge is 2.11. The van der Waals surface area contributed by atoms with Crippen molar-refractivity contribution in [3.63, 3.8) is 0 Å². The molecule has 0 aliphatic rings. The third-order valence-electron chi connectivity index (χ3n) is 3.08. The number of nitrogens with one attached hydrogen (secondary N) is 2. The minimum Gasteiger partial charge on any atom is -0.399 e. The first-order valence-corrected chi connectivity index (χ1v) is 6.77. The Balaban J connectivity index is 2.20. The smallest absolute Gasteiger partial charge is 0.281 e. The van der Waals surface area contributed by atoms with E-state index in [1.807, 2.05) is 31.2 Å². The first kappa shape index (κ1) is 14.1. The van der Waals surface area contributed by atoms with Crippen LogP contribution in [0.2, 0.25) is 0 Å². The number of benzene rings is 1. The summed E-state index contributed by atoms with van der Waals surface area (Å²) in [6.45, 7) is 1.83. The maximum atomic E-state index is 11.8. The Morgan fingerprint density at radius 2 is 2.23 bits per heavy atom. The molecule has 22 heavy (non-hydrogen) atoms. The summed E-state index contributed by atoms with van der Waals surface area (Å²) in [6, 6.07) is 7.46. The molecule has 8 nitrogen and oxygen atoms in total. The largest absolute Gasteiger partial charge is 0.399 e. The van der Waals surface area contributed by atoms with Gasteiger partial charge in [-0.2, -0.15) is 4.68 Å². The third kappa shape index (κ3) is 2.42. The second kappa shape index (κ2) is 5.53. The van der Waals surface area contributed by atoms with E-state index in [0.29, 0.717) is 5.65 Å². The van der Waals surface area contributed by atoms with Crippen LogP contribution in [0.15, 0.2) is 34.2 Å². The molecule has 2 aromatic heterocycles. The Bertz CT molecular complexity index is 984. The molecule has 2 heterocycles. The molecule has 9 heteroatoms. The van der Waals surface area contributed by atoms with Gasteiger partial charge < -0.3 is 9.82 Å². The van der Waals surface area contributed by atoms with Crippen LogP contribution in [0.3, 0.4) is 0 Å². The Hall–Kier alpha value is -2.81. The zero-order valence-electron chi connectivity index (χ0n) is 11.8. The fraction of sp³-hybridized carbons (Fsp3) is 0.154. The van der Waals surface area contributed by atoms with Crippen LogP contribution in [0.25, 0.3) is 16.9 Å². The highest BCUT2D eigenvalue weighted by Crippen LogP contribution is 2.14. The van der Waals surface area contributed by atoms with Crippen LogP contribution in [0.1, 0.15) is 12.5 Å². The molecule has 0 aliphatic heterocycles. The second-order valence-electron chi connectivity index (χ2n) is 4.52. The lowest BCUT2D eigenvalue weighted by Crippen LogP contribution is -2.09. The summed E-state index contributed by atoms with van der Waals surface area (Å²) >= 11 is 4.99. The van der Waals surface area contributed by atoms with Crippen molar-refractivity contribution in [1.82, 2.24) is 25.0 Å². The SMILES string of the molecule is CO/N=C(\C)c1cccc(-n2nnc3c(=O)[nH]c(=S)[nH]c32)c1. The number of oxime groups is 1. The summed E-state index contributed by atoms with van der Waals surface area (Å²) < 4.78 is 1.73. The van der Waals surface area contributed by atoms with Crippen molar-refractivity contribution in [3.8, 4) is 5.69 Å². The van der Waals surface area contributed by atoms with Gasteiger partial charge in [-0.05, 0) is 31.3 Å². The minimum absolute atomic E-state index is 0.196. The molecule has 112 valence electrons. The van der Waals surface area contributed by atoms with Crippen LogP contribution in [0.5, 0.6) is 0 Å². The Morgan fingerprint density at radius 3 is 3.00 bits per heavy atom. The lowest BCUT2D eigenvalue weighted by Gasteiger charge is -2.05. The van der Waals surface area contributed by atoms with Gasteiger partial charge in [0.2, 0.25) is 0 Å². The molecule has 0 saturated heterocycles. The van der Waals surface area contributed by atoms with Crippen LogP contribution in [-0.2, 0) is 4.84 Å². The molecular formula is C13H12N6O2S. The van der Waals surface area contributed by atoms with Crippen molar-refractivity contribution in [3.05, 3.63) is 45.0 Å². The van der Waals surface area contributed by atoms with Gasteiger partial charge in [0.15, 0.2) is 15.9 Å². The monoisotopic (exact) mass is 316 g/mol. The van der Waals surface area contributed by atoms with E-state index in [1.54, 1.807) is 0 Å². The van der Waals surface area contributed by atoms with E-state index in [9.17, 15) is 4.79 Å². The first-order valence-electron chi connectivity index (χ1n) is 6.36. The lowest BCUT2D eigenvalue weighted by atomic mass is 10.1. The van der Waals surface area contributed by atoms with Gasteiger partial charge in [-0.25, -0.2) is 0 Å². The summed E-state index contributed by atoms with van der Waals surface area (Å²) in [5.41, 5.74) is 2.57. The molecule has 3 aromatic rings. The minimum atomic E-state index is -0.377. The van der Waals surface area contributed by atoms with Crippen LogP contribution >= 0.6 is 12.2 Å². The normalized spacial score (nSPS) is 11.8. The molecule has 2 N–H and O–H groups in total. The van der Waals surface area contributed by atoms with Crippen molar-refractivity contribution < 1.29 is 4.84 Å². The van der Waals surface area contributed by atoms with Gasteiger partial charge >= 0.3 is 0 Å². The van der Waals surface area contributed by atoms with Gasteiger partial charge in [0, 0.05) is 5.56 Å². The van der Waals surface area contributed by atoms with Gasteiger partial charge in [0.25, 0.3) is 5.56 Å². The Labute approximate surface area is 129 Å². The van der Waals surface area contributed by atoms with Gasteiger partial charge in [-0.1, -0.05) is 22.5 Å². The number of rotatable bonds is 3. The lowest BCUT2D eigenvalue weighted by molar-refractivity contribution is 0.213. The van der Waals surface area contributed by atoms with Crippen molar-refractivity contribution in [2.45, 2.75) is 6.92 Å². The number of aromatic nitrogens is 5. The average Bonchev–Trinajstić information content (AvgIpc) is 2.91. The van der Waals surface area contributed by atoms with E-state index in [-0.39, 0.29) is 15.8 Å². The van der Waals surface area contributed by atoms with E-state index in [4.69, 9.17) is 17.1 Å². The van der Waals surface area contributed by atoms with E-state index in [2.05, 4.69) is 25.4 Å². The van der Waals surface area contributed by atoms with E-state index < -0.39 is 0 Å². The molecule has 0 atom stereocenters. The molecule has 0 spiro atoms. The molecule has 0 fully saturated rings. The molecule has 0 saturated carbocycles. The quantitative estimate of drug-likeness (QED) is 0.433. The number of fused-ring (bicyclic) bond motifs is 1. The Kier molecular flexibility index (Phi) is 3.55. The van der Waals surface area contributed by atoms with Crippen LogP contribution in [0, 0.1) is 4.77 Å². The molecule has 0 amide bonds. The topological polar surface area (TPSA) is 101 Å². The molecular weight excluding hydrogens is 304 g/mol. The Morgan fingerprint density at radius 1 is 1.41 bits per heavy atom. The van der Waals surface area contributed by atoms with Gasteiger partial charge in [0.1, 0.15) is 7.11 Å². The van der Waals surface area contributed by atoms with Gasteiger partial charge in [-0.15, -0.1) is 5.10 Å². The summed E-state index contributed by atoms with van der Waals surface area (Å²) in [5, 5.41) is 11.8. The number of nitrogens with zero attached hydrogens (tertiary/aromatic N) is 4. The number of hydrogen-bond acceptors (Lipinski definition) is 6. The van der Waals surface area contributed by atoms with Gasteiger partial charge in [-0.3, -0.25) is 9.78 Å². The summed E-state index contributed by atoms with van der Waals surface area (Å²) in [5.74, 6) is 0. The van der Waals surface area contributed by atoms with E-state index in [0.717, 1.165) is 17.0 Å². The van der Waals surface area contributed by atoms with Crippen LogP contribution in [0.4, 0.5) is 0 Å². The standard InChI is InChI=1S/C13H12N6O2S/c1-7(17-21-2)8-4-3-5-9(6-8)19-11-10(16-18-19)12(20)15-13(22)14-11/h3-6H,1-2H3,(H2,14,15,20,22)/b17-7+. The molecule has 1 aromatic carbocycles. The van der Waals surface area contributed by atoms with Crippen LogP contribution < -0.4 is 5.56 Å².